The molecule has 128 valence electrons. The van der Waals surface area contributed by atoms with Crippen LogP contribution in [0.5, 0.6) is 5.75 Å². The monoisotopic (exact) mass is 349 g/mol. The molecule has 1 aromatic heterocycles. The number of benzene rings is 1. The number of hydrogen-bond acceptors (Lipinski definition) is 5. The van der Waals surface area contributed by atoms with Gasteiger partial charge in [0.2, 0.25) is 5.91 Å². The molecule has 1 aliphatic heterocycles. The maximum atomic E-state index is 12.5. The predicted octanol–water partition coefficient (Wildman–Crippen LogP) is 2.49. The molecule has 1 atom stereocenters. The number of rotatable bonds is 3. The molecule has 2 heterocycles. The minimum Gasteiger partial charge on any atom is -0.492 e. The topological polar surface area (TPSA) is 85.6 Å². The fraction of sp³-hybridized carbons (Fsp3) is 0.353. The minimum absolute atomic E-state index is 0.0208. The van der Waals surface area contributed by atoms with Gasteiger partial charge in [0.05, 0.1) is 0 Å². The number of furan rings is 1. The molecule has 24 heavy (non-hydrogen) atoms. The second-order valence-electron chi connectivity index (χ2n) is 6.09. The van der Waals surface area contributed by atoms with Crippen molar-refractivity contribution in [3.63, 3.8) is 0 Å². The number of nitrogens with one attached hydrogen (secondary N) is 1. The van der Waals surface area contributed by atoms with E-state index in [4.69, 9.17) is 9.15 Å². The van der Waals surface area contributed by atoms with Gasteiger partial charge < -0.3 is 9.15 Å². The number of hydrogen-bond donors (Lipinski definition) is 1. The smallest absolute Gasteiger partial charge is 0.267 e. The SMILES string of the molecule is Cc1cc(S(=O)(=O)NC(=O)C2COc3cc(C)c(C)cc32)c(C)o1. The lowest BCUT2D eigenvalue weighted by molar-refractivity contribution is -0.120. The zero-order valence-electron chi connectivity index (χ0n) is 14.0. The summed E-state index contributed by atoms with van der Waals surface area (Å²) in [6, 6.07) is 5.15. The van der Waals surface area contributed by atoms with Crippen molar-refractivity contribution in [2.45, 2.75) is 38.5 Å². The van der Waals surface area contributed by atoms with E-state index in [0.717, 1.165) is 11.1 Å². The summed E-state index contributed by atoms with van der Waals surface area (Å²) >= 11 is 0. The van der Waals surface area contributed by atoms with Crippen LogP contribution in [0.4, 0.5) is 0 Å². The van der Waals surface area contributed by atoms with Crippen molar-refractivity contribution in [2.24, 2.45) is 0 Å². The molecular formula is C17H19NO5S. The summed E-state index contributed by atoms with van der Waals surface area (Å²) in [5.41, 5.74) is 2.80. The number of amides is 1. The molecule has 1 N–H and O–H groups in total. The summed E-state index contributed by atoms with van der Waals surface area (Å²) in [6.45, 7) is 7.23. The Labute approximate surface area is 140 Å². The van der Waals surface area contributed by atoms with Gasteiger partial charge in [0.1, 0.15) is 34.7 Å². The number of fused-ring (bicyclic) bond motifs is 1. The average Bonchev–Trinajstić information content (AvgIpc) is 3.02. The molecule has 1 aliphatic rings. The molecule has 1 aromatic carbocycles. The van der Waals surface area contributed by atoms with Gasteiger partial charge in [0.15, 0.2) is 0 Å². The first-order valence-electron chi connectivity index (χ1n) is 7.56. The first kappa shape index (κ1) is 16.6. The van der Waals surface area contributed by atoms with Crippen molar-refractivity contribution < 1.29 is 22.4 Å². The molecule has 6 nitrogen and oxygen atoms in total. The van der Waals surface area contributed by atoms with Gasteiger partial charge in [-0.05, 0) is 44.9 Å². The summed E-state index contributed by atoms with van der Waals surface area (Å²) in [6.07, 6.45) is 0. The van der Waals surface area contributed by atoms with Crippen LogP contribution in [-0.4, -0.2) is 20.9 Å². The van der Waals surface area contributed by atoms with E-state index >= 15 is 0 Å². The zero-order valence-corrected chi connectivity index (χ0v) is 14.8. The molecule has 0 bridgehead atoms. The highest BCUT2D eigenvalue weighted by Gasteiger charge is 2.34. The molecule has 0 saturated carbocycles. The fourth-order valence-electron chi connectivity index (χ4n) is 2.82. The molecule has 0 radical (unpaired) electrons. The van der Waals surface area contributed by atoms with E-state index in [1.54, 1.807) is 13.8 Å². The van der Waals surface area contributed by atoms with Crippen molar-refractivity contribution in [1.29, 1.82) is 0 Å². The predicted molar refractivity (Wildman–Crippen MR) is 87.7 cm³/mol. The quantitative estimate of drug-likeness (QED) is 0.920. The van der Waals surface area contributed by atoms with Crippen molar-refractivity contribution in [1.82, 2.24) is 4.72 Å². The maximum Gasteiger partial charge on any atom is 0.267 e. The molecule has 0 fully saturated rings. The first-order chi connectivity index (χ1) is 11.2. The third-order valence-electron chi connectivity index (χ3n) is 4.24. The Morgan fingerprint density at radius 1 is 1.12 bits per heavy atom. The molecule has 7 heteroatoms. The van der Waals surface area contributed by atoms with Crippen molar-refractivity contribution >= 4 is 15.9 Å². The van der Waals surface area contributed by atoms with Crippen LogP contribution < -0.4 is 9.46 Å². The average molecular weight is 349 g/mol. The lowest BCUT2D eigenvalue weighted by Gasteiger charge is -2.11. The molecule has 3 rings (SSSR count). The largest absolute Gasteiger partial charge is 0.492 e. The Kier molecular flexibility index (Phi) is 3.91. The summed E-state index contributed by atoms with van der Waals surface area (Å²) in [5, 5.41) is 0. The van der Waals surface area contributed by atoms with Gasteiger partial charge >= 0.3 is 0 Å². The Morgan fingerprint density at radius 3 is 2.42 bits per heavy atom. The maximum absolute atomic E-state index is 12.5. The lowest BCUT2D eigenvalue weighted by atomic mass is 9.97. The Morgan fingerprint density at radius 2 is 1.79 bits per heavy atom. The highest BCUT2D eigenvalue weighted by Crippen LogP contribution is 2.36. The minimum atomic E-state index is -3.98. The molecule has 0 spiro atoms. The Hall–Kier alpha value is -2.28. The van der Waals surface area contributed by atoms with Gasteiger partial charge in [-0.2, -0.15) is 0 Å². The highest BCUT2D eigenvalue weighted by atomic mass is 32.2. The van der Waals surface area contributed by atoms with Crippen LogP contribution >= 0.6 is 0 Å². The summed E-state index contributed by atoms with van der Waals surface area (Å²) in [4.78, 5) is 12.5. The molecule has 0 saturated heterocycles. The van der Waals surface area contributed by atoms with Gasteiger partial charge in [-0.1, -0.05) is 6.07 Å². The standard InChI is InChI=1S/C17H19NO5S/c1-9-5-13-14(8-22-15(13)6-10(9)2)17(19)18-24(20,21)16-7-11(3)23-12(16)4/h5-7,14H,8H2,1-4H3,(H,18,19). The van der Waals surface area contributed by atoms with Crippen molar-refractivity contribution in [2.75, 3.05) is 6.61 Å². The highest BCUT2D eigenvalue weighted by molar-refractivity contribution is 7.90. The van der Waals surface area contributed by atoms with Crippen molar-refractivity contribution in [3.05, 3.63) is 46.4 Å². The zero-order chi connectivity index (χ0) is 17.6. The van der Waals surface area contributed by atoms with E-state index in [0.29, 0.717) is 17.1 Å². The van der Waals surface area contributed by atoms with Crippen LogP contribution in [0.15, 0.2) is 27.5 Å². The summed E-state index contributed by atoms with van der Waals surface area (Å²) in [5.74, 6) is 0.104. The second-order valence-corrected chi connectivity index (χ2v) is 7.74. The first-order valence-corrected chi connectivity index (χ1v) is 9.05. The second kappa shape index (κ2) is 5.66. The fourth-order valence-corrected chi connectivity index (χ4v) is 4.08. The van der Waals surface area contributed by atoms with E-state index in [2.05, 4.69) is 4.72 Å². The van der Waals surface area contributed by atoms with Gasteiger partial charge in [0, 0.05) is 11.6 Å². The van der Waals surface area contributed by atoms with Crippen LogP contribution in [-0.2, 0) is 14.8 Å². The third kappa shape index (κ3) is 2.80. The number of sulfonamides is 1. The van der Waals surface area contributed by atoms with Crippen LogP contribution in [0.3, 0.4) is 0 Å². The number of ether oxygens (including phenoxy) is 1. The number of carbonyl (C=O) groups excluding carboxylic acids is 1. The summed E-state index contributed by atoms with van der Waals surface area (Å²) < 4.78 is 37.8. The number of aryl methyl sites for hydroxylation is 4. The van der Waals surface area contributed by atoms with E-state index < -0.39 is 21.8 Å². The third-order valence-corrected chi connectivity index (χ3v) is 5.70. The van der Waals surface area contributed by atoms with Crippen LogP contribution in [0.2, 0.25) is 0 Å². The van der Waals surface area contributed by atoms with Crippen LogP contribution in [0, 0.1) is 27.7 Å². The summed E-state index contributed by atoms with van der Waals surface area (Å²) in [7, 11) is -3.98. The molecular weight excluding hydrogens is 330 g/mol. The van der Waals surface area contributed by atoms with Gasteiger partial charge in [-0.25, -0.2) is 13.1 Å². The Bertz CT molecular complexity index is 927. The normalized spacial score (nSPS) is 16.6. The van der Waals surface area contributed by atoms with Crippen LogP contribution in [0.25, 0.3) is 0 Å². The van der Waals surface area contributed by atoms with E-state index in [-0.39, 0.29) is 17.3 Å². The number of carbonyl (C=O) groups is 1. The van der Waals surface area contributed by atoms with E-state index in [1.807, 2.05) is 26.0 Å². The van der Waals surface area contributed by atoms with Gasteiger partial charge in [-0.15, -0.1) is 0 Å². The van der Waals surface area contributed by atoms with E-state index in [1.165, 1.54) is 6.07 Å². The molecule has 1 amide bonds. The molecule has 2 aromatic rings. The Balaban J connectivity index is 1.87. The van der Waals surface area contributed by atoms with Crippen molar-refractivity contribution in [3.8, 4) is 5.75 Å². The van der Waals surface area contributed by atoms with Gasteiger partial charge in [-0.3, -0.25) is 4.79 Å². The lowest BCUT2D eigenvalue weighted by Crippen LogP contribution is -2.35. The van der Waals surface area contributed by atoms with Gasteiger partial charge in [0.25, 0.3) is 10.0 Å². The molecule has 0 aliphatic carbocycles. The van der Waals surface area contributed by atoms with E-state index in [9.17, 15) is 13.2 Å². The van der Waals surface area contributed by atoms with Crippen LogP contribution in [0.1, 0.15) is 34.1 Å². The molecule has 1 unspecified atom stereocenters.